The molecule has 0 saturated carbocycles. The lowest BCUT2D eigenvalue weighted by molar-refractivity contribution is -0.112. The van der Waals surface area contributed by atoms with E-state index < -0.39 is 5.91 Å². The number of amides is 1. The summed E-state index contributed by atoms with van der Waals surface area (Å²) in [6, 6.07) is 29.8. The van der Waals surface area contributed by atoms with Gasteiger partial charge < -0.3 is 10.2 Å². The molecular formula is C27H27N3O. The second-order valence-electron chi connectivity index (χ2n) is 7.73. The van der Waals surface area contributed by atoms with Crippen LogP contribution in [-0.2, 0) is 17.9 Å². The van der Waals surface area contributed by atoms with Gasteiger partial charge in [-0.1, -0.05) is 92.7 Å². The fourth-order valence-electron chi connectivity index (χ4n) is 3.41. The Labute approximate surface area is 184 Å². The minimum Gasteiger partial charge on any atom is -0.367 e. The fraction of sp³-hybridized carbons (Fsp3) is 0.185. The van der Waals surface area contributed by atoms with Crippen molar-refractivity contribution in [1.29, 1.82) is 5.26 Å². The molecule has 0 saturated heterocycles. The largest absolute Gasteiger partial charge is 0.367 e. The van der Waals surface area contributed by atoms with Crippen LogP contribution < -0.4 is 5.32 Å². The van der Waals surface area contributed by atoms with E-state index >= 15 is 0 Å². The molecule has 0 unspecified atom stereocenters. The Hall–Kier alpha value is -3.84. The molecule has 0 aromatic heterocycles. The highest BCUT2D eigenvalue weighted by molar-refractivity contribution is 6.06. The van der Waals surface area contributed by atoms with Gasteiger partial charge in [-0.05, 0) is 28.7 Å². The van der Waals surface area contributed by atoms with Gasteiger partial charge in [0.2, 0.25) is 0 Å². The summed E-state index contributed by atoms with van der Waals surface area (Å²) in [6.45, 7) is 5.34. The molecule has 3 rings (SSSR count). The van der Waals surface area contributed by atoms with Crippen molar-refractivity contribution in [3.63, 3.8) is 0 Å². The number of nitrogens with one attached hydrogen (secondary N) is 1. The Kier molecular flexibility index (Phi) is 7.61. The lowest BCUT2D eigenvalue weighted by Gasteiger charge is -2.21. The summed E-state index contributed by atoms with van der Waals surface area (Å²) in [6.07, 6.45) is 1.66. The molecule has 3 aromatic carbocycles. The van der Waals surface area contributed by atoms with Gasteiger partial charge in [0.15, 0.2) is 0 Å². The van der Waals surface area contributed by atoms with Gasteiger partial charge in [0.1, 0.15) is 11.6 Å². The third kappa shape index (κ3) is 6.32. The number of carbonyl (C=O) groups excluding carboxylic acids is 1. The Bertz CT molecular complexity index is 1020. The minimum atomic E-state index is -0.401. The van der Waals surface area contributed by atoms with Crippen LogP contribution in [0.5, 0.6) is 0 Å². The van der Waals surface area contributed by atoms with Crippen LogP contribution in [0.25, 0.3) is 0 Å². The highest BCUT2D eigenvalue weighted by Crippen LogP contribution is 2.24. The first-order chi connectivity index (χ1) is 15.1. The Morgan fingerprint density at radius 3 is 1.94 bits per heavy atom. The van der Waals surface area contributed by atoms with E-state index in [1.807, 2.05) is 89.8 Å². The Morgan fingerprint density at radius 1 is 0.903 bits per heavy atom. The maximum Gasteiger partial charge on any atom is 0.267 e. The average molecular weight is 410 g/mol. The second kappa shape index (κ2) is 10.8. The van der Waals surface area contributed by atoms with Crippen LogP contribution in [-0.4, -0.2) is 10.8 Å². The van der Waals surface area contributed by atoms with Crippen LogP contribution in [0.3, 0.4) is 0 Å². The molecule has 0 atom stereocenters. The lowest BCUT2D eigenvalue weighted by Crippen LogP contribution is -2.21. The molecular weight excluding hydrogens is 382 g/mol. The van der Waals surface area contributed by atoms with E-state index in [0.717, 1.165) is 22.4 Å². The van der Waals surface area contributed by atoms with Gasteiger partial charge in [0.05, 0.1) is 0 Å². The van der Waals surface area contributed by atoms with Crippen molar-refractivity contribution in [3.8, 4) is 6.07 Å². The van der Waals surface area contributed by atoms with Gasteiger partial charge in [-0.25, -0.2) is 0 Å². The molecule has 1 amide bonds. The van der Waals surface area contributed by atoms with Crippen LogP contribution in [0.2, 0.25) is 0 Å². The zero-order chi connectivity index (χ0) is 22.1. The van der Waals surface area contributed by atoms with Crippen LogP contribution >= 0.6 is 0 Å². The number of nitriles is 1. The molecule has 156 valence electrons. The molecule has 0 aliphatic rings. The zero-order valence-corrected chi connectivity index (χ0v) is 18.0. The van der Waals surface area contributed by atoms with Crippen molar-refractivity contribution in [3.05, 3.63) is 113 Å². The molecule has 4 nitrogen and oxygen atoms in total. The second-order valence-corrected chi connectivity index (χ2v) is 7.73. The number of para-hydroxylation sites is 1. The van der Waals surface area contributed by atoms with Crippen molar-refractivity contribution in [2.45, 2.75) is 32.9 Å². The van der Waals surface area contributed by atoms with Crippen LogP contribution in [0.1, 0.15) is 36.5 Å². The topological polar surface area (TPSA) is 56.1 Å². The standard InChI is InChI=1S/C27H27N3O/c1-21(2)25-15-9-10-16-26(25)29-27(31)24(17-28)20-30(18-22-11-5-3-6-12-22)19-23-13-7-4-8-14-23/h3-16,20-21H,18-19H2,1-2H3,(H,29,31)/b24-20-. The van der Waals surface area contributed by atoms with Gasteiger partial charge in [-0.15, -0.1) is 0 Å². The zero-order valence-electron chi connectivity index (χ0n) is 18.0. The maximum absolute atomic E-state index is 12.9. The smallest absolute Gasteiger partial charge is 0.267 e. The van der Waals surface area contributed by atoms with Gasteiger partial charge >= 0.3 is 0 Å². The summed E-state index contributed by atoms with van der Waals surface area (Å²) in [5, 5.41) is 12.6. The first-order valence-electron chi connectivity index (χ1n) is 10.4. The van der Waals surface area contributed by atoms with Crippen LogP contribution in [0, 0.1) is 11.3 Å². The van der Waals surface area contributed by atoms with Crippen LogP contribution in [0.4, 0.5) is 5.69 Å². The molecule has 0 radical (unpaired) electrons. The third-order valence-corrected chi connectivity index (χ3v) is 4.96. The normalized spacial score (nSPS) is 11.1. The molecule has 3 aromatic rings. The van der Waals surface area contributed by atoms with E-state index in [4.69, 9.17) is 0 Å². The number of hydrogen-bond donors (Lipinski definition) is 1. The quantitative estimate of drug-likeness (QED) is 0.374. The van der Waals surface area contributed by atoms with Crippen molar-refractivity contribution in [1.82, 2.24) is 4.90 Å². The fourth-order valence-corrected chi connectivity index (χ4v) is 3.41. The first kappa shape index (κ1) is 21.9. The molecule has 0 spiro atoms. The van der Waals surface area contributed by atoms with E-state index in [0.29, 0.717) is 13.1 Å². The predicted molar refractivity (Wildman–Crippen MR) is 125 cm³/mol. The number of rotatable bonds is 8. The number of benzene rings is 3. The molecule has 0 aliphatic heterocycles. The number of hydrogen-bond acceptors (Lipinski definition) is 3. The lowest BCUT2D eigenvalue weighted by atomic mass is 10.0. The molecule has 0 bridgehead atoms. The van der Waals surface area contributed by atoms with E-state index in [-0.39, 0.29) is 11.5 Å². The van der Waals surface area contributed by atoms with Crippen molar-refractivity contribution in [2.75, 3.05) is 5.32 Å². The molecule has 0 heterocycles. The van der Waals surface area contributed by atoms with Gasteiger partial charge in [0, 0.05) is 25.0 Å². The molecule has 31 heavy (non-hydrogen) atoms. The minimum absolute atomic E-state index is 0.0745. The Morgan fingerprint density at radius 2 is 1.42 bits per heavy atom. The van der Waals surface area contributed by atoms with Gasteiger partial charge in [-0.3, -0.25) is 4.79 Å². The molecule has 0 fully saturated rings. The van der Waals surface area contributed by atoms with Crippen molar-refractivity contribution >= 4 is 11.6 Å². The maximum atomic E-state index is 12.9. The predicted octanol–water partition coefficient (Wildman–Crippen LogP) is 5.86. The van der Waals surface area contributed by atoms with E-state index in [1.54, 1.807) is 6.20 Å². The van der Waals surface area contributed by atoms with Crippen molar-refractivity contribution in [2.24, 2.45) is 0 Å². The summed E-state index contributed by atoms with van der Waals surface area (Å²) in [5.41, 5.74) is 4.07. The number of carbonyl (C=O) groups is 1. The average Bonchev–Trinajstić information content (AvgIpc) is 2.79. The first-order valence-corrected chi connectivity index (χ1v) is 10.4. The number of anilines is 1. The summed E-state index contributed by atoms with van der Waals surface area (Å²) in [5.74, 6) is -0.139. The van der Waals surface area contributed by atoms with Crippen molar-refractivity contribution < 1.29 is 4.79 Å². The molecule has 1 N–H and O–H groups in total. The summed E-state index contributed by atoms with van der Waals surface area (Å²) in [7, 11) is 0. The highest BCUT2D eigenvalue weighted by Gasteiger charge is 2.15. The van der Waals surface area contributed by atoms with E-state index in [1.165, 1.54) is 0 Å². The van der Waals surface area contributed by atoms with Gasteiger partial charge in [0.25, 0.3) is 5.91 Å². The summed E-state index contributed by atoms with van der Waals surface area (Å²) >= 11 is 0. The Balaban J connectivity index is 1.85. The molecule has 4 heteroatoms. The number of nitrogens with zero attached hydrogens (tertiary/aromatic N) is 2. The van der Waals surface area contributed by atoms with Crippen LogP contribution in [0.15, 0.2) is 96.7 Å². The van der Waals surface area contributed by atoms with Gasteiger partial charge in [-0.2, -0.15) is 5.26 Å². The summed E-state index contributed by atoms with van der Waals surface area (Å²) in [4.78, 5) is 14.9. The van der Waals surface area contributed by atoms with E-state index in [2.05, 4.69) is 25.2 Å². The van der Waals surface area contributed by atoms with E-state index in [9.17, 15) is 10.1 Å². The monoisotopic (exact) mass is 409 g/mol. The SMILES string of the molecule is CC(C)c1ccccc1NC(=O)/C(C#N)=C\N(Cc1ccccc1)Cc1ccccc1. The summed E-state index contributed by atoms with van der Waals surface area (Å²) < 4.78 is 0. The third-order valence-electron chi connectivity index (χ3n) is 4.96. The molecule has 0 aliphatic carbocycles. The highest BCUT2D eigenvalue weighted by atomic mass is 16.1.